The molecular weight excluding hydrogens is 488 g/mol. The highest BCUT2D eigenvalue weighted by molar-refractivity contribution is 6.04. The van der Waals surface area contributed by atoms with E-state index < -0.39 is 0 Å². The van der Waals surface area contributed by atoms with Crippen molar-refractivity contribution >= 4 is 17.0 Å². The van der Waals surface area contributed by atoms with E-state index in [0.717, 1.165) is 44.1 Å². The monoisotopic (exact) mass is 543 g/mol. The predicted molar refractivity (Wildman–Crippen MR) is 179 cm³/mol. The standard InChI is InChI=1S/C37H51N2O.2H2/c1-6-11-12-13-14-15-16-17-30-40-36-28-22-33(23-29-36)37(31-18-24-34(25-19-31)38(7-2)8-3)32-20-26-35(27-21-32)39(9-4)10-5;;/h7,18-29H,2,6,8-17,30H2,1,3-5H3;2*1H/q+1;;. The number of ether oxygens (including phenoxy) is 1. The number of hydrogen-bond acceptors (Lipinski definition) is 2. The maximum Gasteiger partial charge on any atom is 0.199 e. The predicted octanol–water partition coefficient (Wildman–Crippen LogP) is 10.1. The smallest absolute Gasteiger partial charge is 0.199 e. The fourth-order valence-electron chi connectivity index (χ4n) is 5.31. The molecule has 0 aromatic heterocycles. The molecule has 218 valence electrons. The van der Waals surface area contributed by atoms with Crippen LogP contribution in [0.15, 0.2) is 91.2 Å². The third kappa shape index (κ3) is 9.11. The Balaban J connectivity index is 0.00000441. The molecule has 0 heterocycles. The lowest BCUT2D eigenvalue weighted by atomic mass is 9.90. The zero-order valence-corrected chi connectivity index (χ0v) is 25.5. The Hall–Kier alpha value is -3.33. The zero-order chi connectivity index (χ0) is 28.6. The van der Waals surface area contributed by atoms with Gasteiger partial charge >= 0.3 is 0 Å². The molecule has 0 N–H and O–H groups in total. The van der Waals surface area contributed by atoms with E-state index in [-0.39, 0.29) is 2.85 Å². The molecule has 2 aromatic rings. The maximum atomic E-state index is 6.10. The van der Waals surface area contributed by atoms with Crippen LogP contribution in [0.2, 0.25) is 0 Å². The molecule has 0 atom stereocenters. The van der Waals surface area contributed by atoms with Crippen LogP contribution in [0.25, 0.3) is 5.57 Å². The molecule has 0 unspecified atom stereocenters. The highest BCUT2D eigenvalue weighted by Crippen LogP contribution is 2.32. The fourth-order valence-corrected chi connectivity index (χ4v) is 5.31. The summed E-state index contributed by atoms with van der Waals surface area (Å²) in [6.07, 6.45) is 21.4. The molecule has 0 saturated carbocycles. The first-order valence-electron chi connectivity index (χ1n) is 15.6. The topological polar surface area (TPSA) is 15.5 Å². The number of hydrogen-bond donors (Lipinski definition) is 0. The van der Waals surface area contributed by atoms with Gasteiger partial charge in [0.1, 0.15) is 18.8 Å². The highest BCUT2D eigenvalue weighted by Gasteiger charge is 2.15. The Morgan fingerprint density at radius 3 is 1.82 bits per heavy atom. The van der Waals surface area contributed by atoms with Crippen molar-refractivity contribution in [3.8, 4) is 5.75 Å². The molecule has 0 spiro atoms. The minimum atomic E-state index is 0. The van der Waals surface area contributed by atoms with Crippen LogP contribution in [0.1, 0.15) is 93.0 Å². The first-order valence-corrected chi connectivity index (χ1v) is 15.6. The Morgan fingerprint density at radius 1 is 0.750 bits per heavy atom. The van der Waals surface area contributed by atoms with Crippen LogP contribution in [0.5, 0.6) is 5.75 Å². The van der Waals surface area contributed by atoms with Gasteiger partial charge in [-0.2, -0.15) is 0 Å². The number of anilines is 1. The van der Waals surface area contributed by atoms with Crippen LogP contribution in [-0.2, 0) is 0 Å². The normalized spacial score (nSPS) is 12.5. The largest absolute Gasteiger partial charge is 0.494 e. The Bertz CT molecular complexity index is 1150. The molecule has 3 nitrogen and oxygen atoms in total. The van der Waals surface area contributed by atoms with Gasteiger partial charge in [-0.1, -0.05) is 82.7 Å². The fraction of sp³-hybridized carbons (Fsp3) is 0.432. The van der Waals surface area contributed by atoms with Crippen molar-refractivity contribution in [1.29, 1.82) is 0 Å². The van der Waals surface area contributed by atoms with E-state index in [1.165, 1.54) is 72.9 Å². The SMILES string of the molecule is C=CN(CC)c1ccc(C(=C2C=CC(=[N+](CC)CC)C=C2)c2ccc(OCCCCCCCCCC)cc2)cc1.[HH].[HH]. The second-order valence-corrected chi connectivity index (χ2v) is 10.5. The number of allylic oxidation sites excluding steroid dienone is 5. The van der Waals surface area contributed by atoms with Crippen LogP contribution in [0.4, 0.5) is 5.69 Å². The summed E-state index contributed by atoms with van der Waals surface area (Å²) < 4.78 is 8.48. The number of nitrogens with zero attached hydrogens (tertiary/aromatic N) is 2. The van der Waals surface area contributed by atoms with Crippen molar-refractivity contribution in [2.75, 3.05) is 31.1 Å². The first-order chi connectivity index (χ1) is 19.6. The van der Waals surface area contributed by atoms with E-state index in [4.69, 9.17) is 4.74 Å². The van der Waals surface area contributed by atoms with Gasteiger partial charge in [0.2, 0.25) is 0 Å². The minimum Gasteiger partial charge on any atom is -0.494 e. The zero-order valence-electron chi connectivity index (χ0n) is 25.5. The summed E-state index contributed by atoms with van der Waals surface area (Å²) in [5.74, 6) is 0.947. The quantitative estimate of drug-likeness (QED) is 0.146. The lowest BCUT2D eigenvalue weighted by Crippen LogP contribution is -2.19. The maximum absolute atomic E-state index is 6.10. The summed E-state index contributed by atoms with van der Waals surface area (Å²) in [4.78, 5) is 2.15. The molecule has 0 amide bonds. The van der Waals surface area contributed by atoms with E-state index in [9.17, 15) is 0 Å². The summed E-state index contributed by atoms with van der Waals surface area (Å²) in [5, 5.41) is 0. The molecule has 40 heavy (non-hydrogen) atoms. The molecule has 0 radical (unpaired) electrons. The number of rotatable bonds is 17. The first kappa shape index (κ1) is 31.2. The van der Waals surface area contributed by atoms with Gasteiger partial charge < -0.3 is 9.64 Å². The third-order valence-corrected chi connectivity index (χ3v) is 7.74. The molecule has 2 aromatic carbocycles. The highest BCUT2D eigenvalue weighted by atomic mass is 16.5. The van der Waals surface area contributed by atoms with E-state index in [1.54, 1.807) is 0 Å². The van der Waals surface area contributed by atoms with E-state index in [2.05, 4.69) is 117 Å². The lowest BCUT2D eigenvalue weighted by Gasteiger charge is -2.19. The second kappa shape index (κ2) is 17.4. The van der Waals surface area contributed by atoms with Crippen LogP contribution >= 0.6 is 0 Å². The van der Waals surface area contributed by atoms with Crippen molar-refractivity contribution in [2.24, 2.45) is 0 Å². The molecule has 0 bridgehead atoms. The van der Waals surface area contributed by atoms with Crippen molar-refractivity contribution in [3.05, 3.63) is 102 Å². The molecular formula is C37H55N2O+. The van der Waals surface area contributed by atoms with E-state index >= 15 is 0 Å². The lowest BCUT2D eigenvalue weighted by molar-refractivity contribution is -0.519. The van der Waals surface area contributed by atoms with Gasteiger partial charge in [0, 0.05) is 27.2 Å². The van der Waals surface area contributed by atoms with Crippen molar-refractivity contribution in [3.63, 3.8) is 0 Å². The van der Waals surface area contributed by atoms with E-state index in [1.807, 2.05) is 6.20 Å². The average Bonchev–Trinajstić information content (AvgIpc) is 3.00. The second-order valence-electron chi connectivity index (χ2n) is 10.5. The van der Waals surface area contributed by atoms with Crippen molar-refractivity contribution in [1.82, 2.24) is 0 Å². The van der Waals surface area contributed by atoms with Crippen LogP contribution < -0.4 is 9.64 Å². The number of benzene rings is 2. The summed E-state index contributed by atoms with van der Waals surface area (Å²) >= 11 is 0. The van der Waals surface area contributed by atoms with Crippen LogP contribution in [0, 0.1) is 0 Å². The summed E-state index contributed by atoms with van der Waals surface area (Å²) in [6, 6.07) is 17.5. The minimum absolute atomic E-state index is 0. The van der Waals surface area contributed by atoms with Gasteiger partial charge in [0.05, 0.1) is 6.61 Å². The van der Waals surface area contributed by atoms with Gasteiger partial charge in [-0.05, 0) is 92.1 Å². The summed E-state index contributed by atoms with van der Waals surface area (Å²) in [7, 11) is 0. The van der Waals surface area contributed by atoms with Gasteiger partial charge in [0.15, 0.2) is 5.71 Å². The summed E-state index contributed by atoms with van der Waals surface area (Å²) in [5.41, 5.74) is 7.26. The van der Waals surface area contributed by atoms with Gasteiger partial charge in [0.25, 0.3) is 0 Å². The number of unbranched alkanes of at least 4 members (excludes halogenated alkanes) is 7. The van der Waals surface area contributed by atoms with Gasteiger partial charge in [-0.25, -0.2) is 4.58 Å². The Kier molecular flexibility index (Phi) is 13.6. The molecule has 0 saturated heterocycles. The van der Waals surface area contributed by atoms with Gasteiger partial charge in [-0.3, -0.25) is 0 Å². The summed E-state index contributed by atoms with van der Waals surface area (Å²) in [6.45, 7) is 16.5. The Labute approximate surface area is 247 Å². The molecule has 0 fully saturated rings. The van der Waals surface area contributed by atoms with Crippen LogP contribution in [0.3, 0.4) is 0 Å². The molecule has 1 aliphatic rings. The molecule has 1 aliphatic carbocycles. The Morgan fingerprint density at radius 2 is 1.30 bits per heavy atom. The third-order valence-electron chi connectivity index (χ3n) is 7.74. The van der Waals surface area contributed by atoms with Crippen LogP contribution in [-0.4, -0.2) is 36.5 Å². The average molecular weight is 544 g/mol. The van der Waals surface area contributed by atoms with E-state index in [0.29, 0.717) is 0 Å². The molecule has 3 heteroatoms. The van der Waals surface area contributed by atoms with Gasteiger partial charge in [-0.15, -0.1) is 0 Å². The molecule has 3 rings (SSSR count). The molecule has 0 aliphatic heterocycles. The van der Waals surface area contributed by atoms with Crippen molar-refractivity contribution < 1.29 is 12.2 Å². The van der Waals surface area contributed by atoms with Crippen molar-refractivity contribution in [2.45, 2.75) is 79.1 Å².